The van der Waals surface area contributed by atoms with Gasteiger partial charge >= 0.3 is 11.9 Å². The van der Waals surface area contributed by atoms with Crippen LogP contribution < -0.4 is 0 Å². The molecule has 0 unspecified atom stereocenters. The van der Waals surface area contributed by atoms with Crippen molar-refractivity contribution in [3.05, 3.63) is 51.6 Å². The van der Waals surface area contributed by atoms with Crippen LogP contribution in [-0.2, 0) is 9.47 Å². The number of nitrogens with zero attached hydrogens (tertiary/aromatic N) is 1. The molecule has 0 amide bonds. The number of ether oxygens (including phenoxy) is 2. The number of fused-ring (bicyclic) bond motifs is 1. The molecule has 1 aromatic carbocycles. The molecule has 0 aromatic heterocycles. The molecule has 176 valence electrons. The maximum absolute atomic E-state index is 12.5. The first-order chi connectivity index (χ1) is 15.6. The maximum Gasteiger partial charge on any atom is 0.339 e. The lowest BCUT2D eigenvalue weighted by Crippen LogP contribution is -2.15. The van der Waals surface area contributed by atoms with Gasteiger partial charge < -0.3 is 9.47 Å². The molecule has 0 saturated carbocycles. The molecular formula is C25H35NO6. The van der Waals surface area contributed by atoms with E-state index in [1.54, 1.807) is 0 Å². The average molecular weight is 446 g/mol. The van der Waals surface area contributed by atoms with Crippen LogP contribution in [0.2, 0.25) is 0 Å². The van der Waals surface area contributed by atoms with Gasteiger partial charge in [0.1, 0.15) is 0 Å². The molecule has 0 atom stereocenters. The Hall–Kier alpha value is -2.70. The van der Waals surface area contributed by atoms with Crippen LogP contribution in [0.25, 0.3) is 0 Å². The molecular weight excluding hydrogens is 410 g/mol. The van der Waals surface area contributed by atoms with Gasteiger partial charge in [-0.1, -0.05) is 50.7 Å². The van der Waals surface area contributed by atoms with Crippen molar-refractivity contribution < 1.29 is 24.0 Å². The van der Waals surface area contributed by atoms with E-state index in [4.69, 9.17) is 9.47 Å². The summed E-state index contributed by atoms with van der Waals surface area (Å²) in [6.45, 7) is 0.469. The van der Waals surface area contributed by atoms with Crippen molar-refractivity contribution in [2.75, 3.05) is 13.2 Å². The smallest absolute Gasteiger partial charge is 0.339 e. The Balaban J connectivity index is 2.00. The second-order valence-corrected chi connectivity index (χ2v) is 8.20. The summed E-state index contributed by atoms with van der Waals surface area (Å²) in [6, 6.07) is 3.56. The number of hydrogen-bond acceptors (Lipinski definition) is 6. The maximum atomic E-state index is 12.5. The number of esters is 2. The Labute approximate surface area is 190 Å². The molecule has 0 radical (unpaired) electrons. The molecule has 0 spiro atoms. The summed E-state index contributed by atoms with van der Waals surface area (Å²) in [6.07, 6.45) is 18.3. The lowest BCUT2D eigenvalue weighted by molar-refractivity contribution is -0.384. The molecule has 1 aliphatic heterocycles. The minimum Gasteiger partial charge on any atom is -0.462 e. The summed E-state index contributed by atoms with van der Waals surface area (Å²) in [5.41, 5.74) is -0.381. The number of nitro groups is 1. The lowest BCUT2D eigenvalue weighted by Gasteiger charge is -2.10. The van der Waals surface area contributed by atoms with E-state index in [0.29, 0.717) is 0 Å². The summed E-state index contributed by atoms with van der Waals surface area (Å²) in [7, 11) is 0. The van der Waals surface area contributed by atoms with E-state index < -0.39 is 16.9 Å². The van der Waals surface area contributed by atoms with Crippen molar-refractivity contribution in [2.24, 2.45) is 0 Å². The zero-order valence-corrected chi connectivity index (χ0v) is 18.9. The summed E-state index contributed by atoms with van der Waals surface area (Å²) in [4.78, 5) is 35.6. The highest BCUT2D eigenvalue weighted by Crippen LogP contribution is 2.20. The van der Waals surface area contributed by atoms with Crippen molar-refractivity contribution in [1.29, 1.82) is 0 Å². The van der Waals surface area contributed by atoms with Crippen molar-refractivity contribution >= 4 is 17.6 Å². The number of allylic oxidation sites excluding steroid dienone is 2. The molecule has 7 heteroatoms. The molecule has 0 saturated heterocycles. The number of carbonyl (C=O) groups is 2. The summed E-state index contributed by atoms with van der Waals surface area (Å²) in [5.74, 6) is -1.39. The Bertz CT molecular complexity index is 774. The fourth-order valence-corrected chi connectivity index (χ4v) is 3.68. The van der Waals surface area contributed by atoms with Gasteiger partial charge in [-0.15, -0.1) is 0 Å². The van der Waals surface area contributed by atoms with Crippen LogP contribution in [0, 0.1) is 10.1 Å². The summed E-state index contributed by atoms with van der Waals surface area (Å²) in [5, 5.41) is 11.1. The Morgan fingerprint density at radius 2 is 1.12 bits per heavy atom. The van der Waals surface area contributed by atoms with Crippen molar-refractivity contribution in [2.45, 2.75) is 83.5 Å². The van der Waals surface area contributed by atoms with E-state index >= 15 is 0 Å². The van der Waals surface area contributed by atoms with E-state index in [-0.39, 0.29) is 30.0 Å². The highest BCUT2D eigenvalue weighted by atomic mass is 16.6. The topological polar surface area (TPSA) is 95.7 Å². The quantitative estimate of drug-likeness (QED) is 0.210. The van der Waals surface area contributed by atoms with Gasteiger partial charge in [0.2, 0.25) is 0 Å². The number of hydrogen-bond donors (Lipinski definition) is 0. The zero-order chi connectivity index (χ0) is 23.0. The minimum atomic E-state index is -0.731. The fraction of sp³-hybridized carbons (Fsp3) is 0.600. The number of non-ortho nitro benzene ring substituents is 1. The van der Waals surface area contributed by atoms with Gasteiger partial charge in [-0.25, -0.2) is 9.59 Å². The van der Waals surface area contributed by atoms with Crippen LogP contribution in [0.1, 0.15) is 104 Å². The molecule has 0 N–H and O–H groups in total. The first kappa shape index (κ1) is 25.6. The van der Waals surface area contributed by atoms with E-state index in [1.807, 2.05) is 0 Å². The minimum absolute atomic E-state index is 0.00178. The van der Waals surface area contributed by atoms with Gasteiger partial charge in [0.05, 0.1) is 29.3 Å². The van der Waals surface area contributed by atoms with Crippen LogP contribution in [0.15, 0.2) is 30.4 Å². The van der Waals surface area contributed by atoms with Crippen LogP contribution >= 0.6 is 0 Å². The van der Waals surface area contributed by atoms with Gasteiger partial charge in [0.15, 0.2) is 0 Å². The van der Waals surface area contributed by atoms with Crippen LogP contribution in [-0.4, -0.2) is 30.1 Å². The fourth-order valence-electron chi connectivity index (χ4n) is 3.68. The van der Waals surface area contributed by atoms with Crippen molar-refractivity contribution in [1.82, 2.24) is 0 Å². The van der Waals surface area contributed by atoms with Gasteiger partial charge in [0.25, 0.3) is 5.69 Å². The average Bonchev–Trinajstić information content (AvgIpc) is 2.79. The Morgan fingerprint density at radius 3 is 1.69 bits per heavy atom. The van der Waals surface area contributed by atoms with Gasteiger partial charge in [-0.05, 0) is 51.0 Å². The summed E-state index contributed by atoms with van der Waals surface area (Å²) < 4.78 is 10.6. The van der Waals surface area contributed by atoms with Gasteiger partial charge in [-0.3, -0.25) is 10.1 Å². The van der Waals surface area contributed by atoms with E-state index in [1.165, 1.54) is 44.2 Å². The molecule has 1 aromatic rings. The predicted molar refractivity (Wildman–Crippen MR) is 123 cm³/mol. The third kappa shape index (κ3) is 9.62. The largest absolute Gasteiger partial charge is 0.462 e. The third-order valence-electron chi connectivity index (χ3n) is 5.57. The van der Waals surface area contributed by atoms with Crippen LogP contribution in [0.3, 0.4) is 0 Å². The second-order valence-electron chi connectivity index (χ2n) is 8.20. The van der Waals surface area contributed by atoms with Crippen LogP contribution in [0.5, 0.6) is 0 Å². The number of cyclic esters (lactones) is 2. The SMILES string of the molecule is O=C1OCCCCC/C=C\CCCCCCCCCCOC(=O)c2cc([N+](=O)[O-])ccc21. The normalized spacial score (nSPS) is 19.8. The molecule has 1 heterocycles. The Morgan fingerprint density at radius 1 is 0.656 bits per heavy atom. The van der Waals surface area contributed by atoms with Crippen LogP contribution in [0.4, 0.5) is 5.69 Å². The molecule has 1 aliphatic rings. The first-order valence-electron chi connectivity index (χ1n) is 11.9. The number of benzene rings is 1. The van der Waals surface area contributed by atoms with E-state index in [0.717, 1.165) is 57.4 Å². The van der Waals surface area contributed by atoms with E-state index in [9.17, 15) is 19.7 Å². The zero-order valence-electron chi connectivity index (χ0n) is 18.9. The monoisotopic (exact) mass is 445 g/mol. The third-order valence-corrected chi connectivity index (χ3v) is 5.57. The molecule has 7 nitrogen and oxygen atoms in total. The second kappa shape index (κ2) is 15.2. The molecule has 0 fully saturated rings. The predicted octanol–water partition coefficient (Wildman–Crippen LogP) is 6.55. The molecule has 0 aliphatic carbocycles. The molecule has 32 heavy (non-hydrogen) atoms. The van der Waals surface area contributed by atoms with Crippen molar-refractivity contribution in [3.63, 3.8) is 0 Å². The Kier molecular flexibility index (Phi) is 12.1. The number of rotatable bonds is 1. The molecule has 2 rings (SSSR count). The highest BCUT2D eigenvalue weighted by Gasteiger charge is 2.23. The number of nitro benzene ring substituents is 1. The highest BCUT2D eigenvalue weighted by molar-refractivity contribution is 6.03. The summed E-state index contributed by atoms with van der Waals surface area (Å²) >= 11 is 0. The van der Waals surface area contributed by atoms with Gasteiger partial charge in [-0.2, -0.15) is 0 Å². The standard InChI is InChI=1S/C25H35NO6/c27-24-22-17-16-21(26(29)30)20-23(22)25(28)32-19-15-13-11-9-7-5-3-1-2-4-6-8-10-12-14-18-31-24/h4,6,16-17,20H,1-3,5,7-15,18-19H2/b6-4-. The van der Waals surface area contributed by atoms with Crippen molar-refractivity contribution in [3.8, 4) is 0 Å². The first-order valence-corrected chi connectivity index (χ1v) is 11.9. The van der Waals surface area contributed by atoms with Gasteiger partial charge in [0, 0.05) is 12.1 Å². The number of carbonyl (C=O) groups excluding carboxylic acids is 2. The van der Waals surface area contributed by atoms with E-state index in [2.05, 4.69) is 12.2 Å². The lowest BCUT2D eigenvalue weighted by atomic mass is 10.1. The molecule has 0 bridgehead atoms.